The average Bonchev–Trinajstić information content (AvgIpc) is 3.38. The number of fused-ring (bicyclic) bond motifs is 1. The largest absolute Gasteiger partial charge is 0.417 e. The van der Waals surface area contributed by atoms with Gasteiger partial charge in [0.25, 0.3) is 0 Å². The van der Waals surface area contributed by atoms with Gasteiger partial charge in [-0.05, 0) is 75.0 Å². The highest BCUT2D eigenvalue weighted by Crippen LogP contribution is 2.34. The lowest BCUT2D eigenvalue weighted by Gasteiger charge is -2.35. The standard InChI is InChI=1S/C26H35ClF3N5/c27-22-4-6-25(7-5-22)35-16-19-14-34(15-20(19)17-35)10-2-9-33-8-1-3-23(18-33)32-24-11-21(12-31-13-24)26(28,29)30/h4-7,11-12,19-20,23-24,32H,1-3,8-10,13-18H2. The lowest BCUT2D eigenvalue weighted by atomic mass is 10.0. The van der Waals surface area contributed by atoms with Gasteiger partial charge in [0.05, 0.1) is 12.1 Å². The first-order valence-electron chi connectivity index (χ1n) is 12.8. The lowest BCUT2D eigenvalue weighted by molar-refractivity contribution is -0.0861. The fourth-order valence-corrected chi connectivity index (χ4v) is 6.32. The zero-order valence-electron chi connectivity index (χ0n) is 20.1. The fraction of sp³-hybridized carbons (Fsp3) is 0.654. The molecule has 4 unspecified atom stereocenters. The first-order valence-corrected chi connectivity index (χ1v) is 13.2. The molecule has 5 nitrogen and oxygen atoms in total. The summed E-state index contributed by atoms with van der Waals surface area (Å²) in [6.45, 7) is 9.12. The number of allylic oxidation sites excluding steroid dienone is 1. The Morgan fingerprint density at radius 2 is 1.69 bits per heavy atom. The smallest absolute Gasteiger partial charge is 0.371 e. The minimum Gasteiger partial charge on any atom is -0.371 e. The number of benzene rings is 1. The maximum atomic E-state index is 13.0. The molecule has 4 heterocycles. The van der Waals surface area contributed by atoms with E-state index >= 15 is 0 Å². The van der Waals surface area contributed by atoms with E-state index in [1.54, 1.807) is 0 Å². The van der Waals surface area contributed by atoms with Crippen molar-refractivity contribution in [2.75, 3.05) is 63.8 Å². The van der Waals surface area contributed by atoms with Gasteiger partial charge in [-0.25, -0.2) is 0 Å². The number of alkyl halides is 3. The predicted octanol–water partition coefficient (Wildman–Crippen LogP) is 4.09. The first-order chi connectivity index (χ1) is 16.8. The molecule has 0 saturated carbocycles. The topological polar surface area (TPSA) is 34.1 Å². The molecular weight excluding hydrogens is 475 g/mol. The summed E-state index contributed by atoms with van der Waals surface area (Å²) < 4.78 is 39.0. The maximum absolute atomic E-state index is 13.0. The number of hydrogen-bond donors (Lipinski definition) is 1. The van der Waals surface area contributed by atoms with Crippen LogP contribution in [0.25, 0.3) is 0 Å². The Morgan fingerprint density at radius 1 is 0.971 bits per heavy atom. The van der Waals surface area contributed by atoms with Gasteiger partial charge < -0.3 is 20.0 Å². The summed E-state index contributed by atoms with van der Waals surface area (Å²) in [5.41, 5.74) is 0.634. The van der Waals surface area contributed by atoms with Gasteiger partial charge in [-0.3, -0.25) is 4.99 Å². The normalized spacial score (nSPS) is 30.1. The molecule has 4 aliphatic heterocycles. The van der Waals surface area contributed by atoms with Crippen LogP contribution in [0.5, 0.6) is 0 Å². The van der Waals surface area contributed by atoms with Crippen molar-refractivity contribution in [3.8, 4) is 0 Å². The Kier molecular flexibility index (Phi) is 7.72. The van der Waals surface area contributed by atoms with Crippen LogP contribution in [-0.2, 0) is 0 Å². The Labute approximate surface area is 211 Å². The number of likely N-dealkylation sites (tertiary alicyclic amines) is 2. The summed E-state index contributed by atoms with van der Waals surface area (Å²) >= 11 is 6.03. The zero-order chi connectivity index (χ0) is 24.4. The summed E-state index contributed by atoms with van der Waals surface area (Å²) in [4.78, 5) is 11.5. The molecule has 5 rings (SSSR count). The summed E-state index contributed by atoms with van der Waals surface area (Å²) in [5.74, 6) is 1.48. The molecular formula is C26H35ClF3N5. The van der Waals surface area contributed by atoms with Crippen molar-refractivity contribution < 1.29 is 13.2 Å². The molecule has 4 aliphatic rings. The third kappa shape index (κ3) is 6.40. The van der Waals surface area contributed by atoms with Gasteiger partial charge in [0.15, 0.2) is 0 Å². The van der Waals surface area contributed by atoms with Crippen LogP contribution in [0.4, 0.5) is 18.9 Å². The first kappa shape index (κ1) is 25.1. The van der Waals surface area contributed by atoms with Crippen LogP contribution in [0.1, 0.15) is 19.3 Å². The number of nitrogens with zero attached hydrogens (tertiary/aromatic N) is 4. The van der Waals surface area contributed by atoms with Crippen LogP contribution in [0, 0.1) is 11.8 Å². The molecule has 3 fully saturated rings. The van der Waals surface area contributed by atoms with Gasteiger partial charge in [-0.2, -0.15) is 13.2 Å². The van der Waals surface area contributed by atoms with E-state index in [-0.39, 0.29) is 12.1 Å². The van der Waals surface area contributed by atoms with Crippen LogP contribution < -0.4 is 10.2 Å². The second-order valence-electron chi connectivity index (χ2n) is 10.5. The van der Waals surface area contributed by atoms with Gasteiger partial charge in [-0.1, -0.05) is 17.7 Å². The van der Waals surface area contributed by atoms with Crippen molar-refractivity contribution in [2.45, 2.75) is 37.5 Å². The highest BCUT2D eigenvalue weighted by atomic mass is 35.5. The molecule has 192 valence electrons. The van der Waals surface area contributed by atoms with E-state index < -0.39 is 11.7 Å². The number of dihydropyridines is 1. The quantitative estimate of drug-likeness (QED) is 0.600. The van der Waals surface area contributed by atoms with Crippen molar-refractivity contribution in [1.29, 1.82) is 0 Å². The van der Waals surface area contributed by atoms with Crippen molar-refractivity contribution in [2.24, 2.45) is 16.8 Å². The van der Waals surface area contributed by atoms with E-state index in [1.165, 1.54) is 24.9 Å². The van der Waals surface area contributed by atoms with Gasteiger partial charge in [0, 0.05) is 61.7 Å². The summed E-state index contributed by atoms with van der Waals surface area (Å²) in [6, 6.07) is 8.06. The maximum Gasteiger partial charge on any atom is 0.417 e. The summed E-state index contributed by atoms with van der Waals surface area (Å²) in [6.07, 6.45) is 1.14. The molecule has 4 atom stereocenters. The van der Waals surface area contributed by atoms with Gasteiger partial charge in [0.2, 0.25) is 0 Å². The van der Waals surface area contributed by atoms with E-state index in [1.807, 2.05) is 12.1 Å². The highest BCUT2D eigenvalue weighted by Gasteiger charge is 2.40. The summed E-state index contributed by atoms with van der Waals surface area (Å²) in [5, 5.41) is 4.20. The molecule has 0 spiro atoms. The number of nitrogens with one attached hydrogen (secondary N) is 1. The van der Waals surface area contributed by atoms with Crippen LogP contribution in [0.15, 0.2) is 40.9 Å². The Bertz CT molecular complexity index is 905. The molecule has 0 radical (unpaired) electrons. The molecule has 9 heteroatoms. The monoisotopic (exact) mass is 509 g/mol. The van der Waals surface area contributed by atoms with Crippen LogP contribution in [0.2, 0.25) is 5.02 Å². The molecule has 1 N–H and O–H groups in total. The molecule has 0 bridgehead atoms. The van der Waals surface area contributed by atoms with Crippen molar-refractivity contribution in [1.82, 2.24) is 15.1 Å². The average molecular weight is 510 g/mol. The van der Waals surface area contributed by atoms with Crippen molar-refractivity contribution in [3.63, 3.8) is 0 Å². The number of aliphatic imine (C=N–C) groups is 1. The number of rotatable bonds is 7. The Balaban J connectivity index is 1.02. The van der Waals surface area contributed by atoms with E-state index in [9.17, 15) is 13.2 Å². The number of hydrogen-bond acceptors (Lipinski definition) is 5. The third-order valence-corrected chi connectivity index (χ3v) is 8.15. The van der Waals surface area contributed by atoms with Crippen molar-refractivity contribution >= 4 is 23.5 Å². The van der Waals surface area contributed by atoms with Gasteiger partial charge in [0.1, 0.15) is 0 Å². The molecule has 1 aromatic rings. The van der Waals surface area contributed by atoms with Crippen LogP contribution in [-0.4, -0.2) is 93.2 Å². The van der Waals surface area contributed by atoms with E-state index in [4.69, 9.17) is 11.6 Å². The molecule has 3 saturated heterocycles. The highest BCUT2D eigenvalue weighted by molar-refractivity contribution is 6.30. The number of anilines is 1. The minimum atomic E-state index is -4.33. The van der Waals surface area contributed by atoms with Gasteiger partial charge >= 0.3 is 6.18 Å². The minimum absolute atomic E-state index is 0.220. The lowest BCUT2D eigenvalue weighted by Crippen LogP contribution is -2.50. The SMILES string of the molecule is FC(F)(F)C1=CC(NC2CCCN(CCCN3CC4CN(c5ccc(Cl)cc5)CC4C3)C2)CN=C1. The van der Waals surface area contributed by atoms with E-state index in [2.05, 4.69) is 37.1 Å². The summed E-state index contributed by atoms with van der Waals surface area (Å²) in [7, 11) is 0. The molecule has 0 amide bonds. The number of piperidine rings is 1. The number of halogens is 4. The van der Waals surface area contributed by atoms with E-state index in [0.29, 0.717) is 6.54 Å². The van der Waals surface area contributed by atoms with Gasteiger partial charge in [-0.15, -0.1) is 0 Å². The zero-order valence-corrected chi connectivity index (χ0v) is 20.8. The molecule has 1 aromatic carbocycles. The Morgan fingerprint density at radius 3 is 2.40 bits per heavy atom. The second-order valence-corrected chi connectivity index (χ2v) is 11.0. The fourth-order valence-electron chi connectivity index (χ4n) is 6.20. The Hall–Kier alpha value is -1.61. The van der Waals surface area contributed by atoms with Crippen LogP contribution in [0.3, 0.4) is 0 Å². The predicted molar refractivity (Wildman–Crippen MR) is 136 cm³/mol. The van der Waals surface area contributed by atoms with E-state index in [0.717, 1.165) is 81.6 Å². The third-order valence-electron chi connectivity index (χ3n) is 7.90. The molecule has 0 aromatic heterocycles. The van der Waals surface area contributed by atoms with Crippen molar-refractivity contribution in [3.05, 3.63) is 40.9 Å². The molecule has 0 aliphatic carbocycles. The molecule has 35 heavy (non-hydrogen) atoms. The second kappa shape index (κ2) is 10.8. The van der Waals surface area contributed by atoms with Crippen LogP contribution >= 0.6 is 11.6 Å².